The van der Waals surface area contributed by atoms with Crippen LogP contribution >= 0.6 is 31.9 Å². The van der Waals surface area contributed by atoms with Crippen molar-refractivity contribution in [2.75, 3.05) is 0 Å². The van der Waals surface area contributed by atoms with E-state index in [0.717, 1.165) is 0 Å². The minimum absolute atomic E-state index is 0.664. The van der Waals surface area contributed by atoms with E-state index in [1.807, 2.05) is 0 Å². The summed E-state index contributed by atoms with van der Waals surface area (Å²) in [5, 5.41) is 0. The van der Waals surface area contributed by atoms with Crippen LogP contribution in [-0.4, -0.2) is 0 Å². The lowest BCUT2D eigenvalue weighted by Crippen LogP contribution is -1.99. The minimum atomic E-state index is 0.664. The number of fused-ring (bicyclic) bond motifs is 2. The molecule has 23 heavy (non-hydrogen) atoms. The van der Waals surface area contributed by atoms with Crippen molar-refractivity contribution in [3.63, 3.8) is 0 Å². The molecule has 0 aliphatic heterocycles. The maximum Gasteiger partial charge on any atom is 0.0732 e. The first kappa shape index (κ1) is 15.9. The molecule has 0 saturated carbocycles. The Bertz CT molecular complexity index is 688. The van der Waals surface area contributed by atoms with Gasteiger partial charge in [0.05, 0.1) is 13.2 Å². The molecule has 0 heterocycles. The van der Waals surface area contributed by atoms with Gasteiger partial charge in [-0.1, -0.05) is 44.0 Å². The second kappa shape index (κ2) is 6.70. The van der Waals surface area contributed by atoms with E-state index >= 15 is 0 Å². The van der Waals surface area contributed by atoms with Gasteiger partial charge in [-0.05, 0) is 84.0 Å². The molecule has 0 saturated heterocycles. The molecule has 2 aliphatic rings. The summed E-state index contributed by atoms with van der Waals surface area (Å²) in [6.45, 7) is 1.33. The lowest BCUT2D eigenvalue weighted by Gasteiger charge is -2.12. The highest BCUT2D eigenvalue weighted by atomic mass is 79.9. The van der Waals surface area contributed by atoms with E-state index < -0.39 is 0 Å². The standard InChI is InChI=1S/C20H20Br2O/c21-19-9-15-5-1-3-13(15)7-17(19)11-23-12-18-8-14-4-2-6-16(14)10-20(18)22/h7-10H,1-6,11-12H2. The third-order valence-corrected chi connectivity index (χ3v) is 6.51. The number of ether oxygens (including phenoxy) is 1. The number of aryl methyl sites for hydroxylation is 4. The predicted molar refractivity (Wildman–Crippen MR) is 101 cm³/mol. The molecule has 0 N–H and O–H groups in total. The van der Waals surface area contributed by atoms with Gasteiger partial charge in [-0.2, -0.15) is 0 Å². The van der Waals surface area contributed by atoms with Crippen molar-refractivity contribution in [3.05, 3.63) is 66.6 Å². The van der Waals surface area contributed by atoms with Gasteiger partial charge < -0.3 is 4.74 Å². The van der Waals surface area contributed by atoms with Crippen molar-refractivity contribution >= 4 is 31.9 Å². The summed E-state index contributed by atoms with van der Waals surface area (Å²) in [5.41, 5.74) is 8.55. The maximum atomic E-state index is 6.03. The quantitative estimate of drug-likeness (QED) is 0.580. The molecule has 120 valence electrons. The molecule has 0 bridgehead atoms. The van der Waals surface area contributed by atoms with Crippen molar-refractivity contribution < 1.29 is 4.74 Å². The van der Waals surface area contributed by atoms with Crippen molar-refractivity contribution in [1.82, 2.24) is 0 Å². The summed E-state index contributed by atoms with van der Waals surface area (Å²) in [5.74, 6) is 0. The Hall–Kier alpha value is -0.640. The average molecular weight is 436 g/mol. The lowest BCUT2D eigenvalue weighted by atomic mass is 10.1. The molecular formula is C20H20Br2O. The van der Waals surface area contributed by atoms with E-state index in [-0.39, 0.29) is 0 Å². The molecule has 4 rings (SSSR count). The molecule has 1 nitrogen and oxygen atoms in total. The van der Waals surface area contributed by atoms with Gasteiger partial charge in [0, 0.05) is 8.95 Å². The summed E-state index contributed by atoms with van der Waals surface area (Å²) in [6.07, 6.45) is 7.44. The molecule has 0 fully saturated rings. The number of hydrogen-bond donors (Lipinski definition) is 0. The molecule has 0 atom stereocenters. The van der Waals surface area contributed by atoms with Crippen LogP contribution < -0.4 is 0 Å². The van der Waals surface area contributed by atoms with Crippen LogP contribution in [-0.2, 0) is 43.6 Å². The number of halogens is 2. The van der Waals surface area contributed by atoms with E-state index in [2.05, 4.69) is 56.1 Å². The van der Waals surface area contributed by atoms with Crippen LogP contribution in [0.1, 0.15) is 46.2 Å². The minimum Gasteiger partial charge on any atom is -0.372 e. The van der Waals surface area contributed by atoms with Crippen LogP contribution in [0.25, 0.3) is 0 Å². The molecule has 2 aromatic carbocycles. The molecule has 0 unspecified atom stereocenters. The summed E-state index contributed by atoms with van der Waals surface area (Å²) in [4.78, 5) is 0. The van der Waals surface area contributed by atoms with E-state index in [9.17, 15) is 0 Å². The van der Waals surface area contributed by atoms with Gasteiger partial charge in [0.25, 0.3) is 0 Å². The van der Waals surface area contributed by atoms with Crippen LogP contribution in [0.4, 0.5) is 0 Å². The first-order chi connectivity index (χ1) is 11.2. The van der Waals surface area contributed by atoms with Crippen molar-refractivity contribution in [1.29, 1.82) is 0 Å². The van der Waals surface area contributed by atoms with Gasteiger partial charge in [0.15, 0.2) is 0 Å². The summed E-state index contributed by atoms with van der Waals surface area (Å²) < 4.78 is 8.40. The van der Waals surface area contributed by atoms with Crippen LogP contribution in [0.2, 0.25) is 0 Å². The molecule has 2 aromatic rings. The molecule has 0 radical (unpaired) electrons. The fourth-order valence-corrected chi connectivity index (χ4v) is 4.79. The van der Waals surface area contributed by atoms with E-state index in [1.54, 1.807) is 0 Å². The van der Waals surface area contributed by atoms with Crippen LogP contribution in [0.3, 0.4) is 0 Å². The van der Waals surface area contributed by atoms with Gasteiger partial charge in [0.1, 0.15) is 0 Å². The Morgan fingerprint density at radius 2 is 1.04 bits per heavy atom. The fourth-order valence-electron chi connectivity index (χ4n) is 3.78. The zero-order chi connectivity index (χ0) is 15.8. The predicted octanol–water partition coefficient (Wildman–Crippen LogP) is 5.91. The fraction of sp³-hybridized carbons (Fsp3) is 0.400. The Kier molecular flexibility index (Phi) is 4.62. The summed E-state index contributed by atoms with van der Waals surface area (Å²) in [7, 11) is 0. The first-order valence-electron chi connectivity index (χ1n) is 8.39. The van der Waals surface area contributed by atoms with Crippen molar-refractivity contribution in [2.45, 2.75) is 51.7 Å². The van der Waals surface area contributed by atoms with Gasteiger partial charge in [-0.3, -0.25) is 0 Å². The number of hydrogen-bond acceptors (Lipinski definition) is 1. The molecule has 0 aromatic heterocycles. The third-order valence-electron chi connectivity index (χ3n) is 5.04. The normalized spacial score (nSPS) is 15.7. The monoisotopic (exact) mass is 434 g/mol. The van der Waals surface area contributed by atoms with E-state index in [1.165, 1.54) is 80.9 Å². The van der Waals surface area contributed by atoms with Gasteiger partial charge in [-0.25, -0.2) is 0 Å². The first-order valence-corrected chi connectivity index (χ1v) is 9.97. The number of benzene rings is 2. The van der Waals surface area contributed by atoms with Crippen LogP contribution in [0.15, 0.2) is 33.2 Å². The van der Waals surface area contributed by atoms with Crippen LogP contribution in [0.5, 0.6) is 0 Å². The van der Waals surface area contributed by atoms with Gasteiger partial charge in [0.2, 0.25) is 0 Å². The topological polar surface area (TPSA) is 9.23 Å². The Balaban J connectivity index is 1.45. The third kappa shape index (κ3) is 3.29. The second-order valence-corrected chi connectivity index (χ2v) is 8.33. The van der Waals surface area contributed by atoms with Crippen LogP contribution in [0, 0.1) is 0 Å². The number of rotatable bonds is 4. The van der Waals surface area contributed by atoms with E-state index in [4.69, 9.17) is 4.74 Å². The van der Waals surface area contributed by atoms with Crippen molar-refractivity contribution in [3.8, 4) is 0 Å². The lowest BCUT2D eigenvalue weighted by molar-refractivity contribution is 0.106. The molecular weight excluding hydrogens is 416 g/mol. The summed E-state index contributed by atoms with van der Waals surface area (Å²) >= 11 is 7.40. The highest BCUT2D eigenvalue weighted by Crippen LogP contribution is 2.31. The molecule has 2 aliphatic carbocycles. The molecule has 0 amide bonds. The average Bonchev–Trinajstić information content (AvgIpc) is 3.15. The zero-order valence-electron chi connectivity index (χ0n) is 13.1. The SMILES string of the molecule is Brc1cc2c(cc1COCc1cc3c(cc1Br)CCC3)CCC2. The second-order valence-electron chi connectivity index (χ2n) is 6.62. The Morgan fingerprint density at radius 3 is 1.48 bits per heavy atom. The Morgan fingerprint density at radius 1 is 0.652 bits per heavy atom. The highest BCUT2D eigenvalue weighted by molar-refractivity contribution is 9.10. The summed E-state index contributed by atoms with van der Waals surface area (Å²) in [6, 6.07) is 9.22. The Labute approximate surface area is 154 Å². The van der Waals surface area contributed by atoms with Crippen molar-refractivity contribution in [2.24, 2.45) is 0 Å². The maximum absolute atomic E-state index is 6.03. The van der Waals surface area contributed by atoms with Gasteiger partial charge >= 0.3 is 0 Å². The van der Waals surface area contributed by atoms with E-state index in [0.29, 0.717) is 13.2 Å². The highest BCUT2D eigenvalue weighted by Gasteiger charge is 2.15. The smallest absolute Gasteiger partial charge is 0.0732 e. The largest absolute Gasteiger partial charge is 0.372 e. The molecule has 0 spiro atoms. The van der Waals surface area contributed by atoms with Gasteiger partial charge in [-0.15, -0.1) is 0 Å². The zero-order valence-corrected chi connectivity index (χ0v) is 16.3. The molecule has 3 heteroatoms.